The lowest BCUT2D eigenvalue weighted by molar-refractivity contribution is -0.131. The zero-order chi connectivity index (χ0) is 13.4. The fourth-order valence-electron chi connectivity index (χ4n) is 2.62. The van der Waals surface area contributed by atoms with Crippen LogP contribution >= 0.6 is 0 Å². The van der Waals surface area contributed by atoms with Crippen LogP contribution in [0.1, 0.15) is 20.3 Å². The van der Waals surface area contributed by atoms with E-state index in [0.29, 0.717) is 19.5 Å². The van der Waals surface area contributed by atoms with E-state index in [1.807, 2.05) is 13.8 Å². The quantitative estimate of drug-likeness (QED) is 0.703. The van der Waals surface area contributed by atoms with Crippen molar-refractivity contribution < 1.29 is 18.3 Å². The van der Waals surface area contributed by atoms with Crippen molar-refractivity contribution in [3.8, 4) is 0 Å². The van der Waals surface area contributed by atoms with Gasteiger partial charge in [0.25, 0.3) is 0 Å². The topological polar surface area (TPSA) is 78.9 Å². The summed E-state index contributed by atoms with van der Waals surface area (Å²) in [6.45, 7) is 5.42. The maximum Gasteiger partial charge on any atom is 0.218 e. The maximum atomic E-state index is 12.5. The summed E-state index contributed by atoms with van der Waals surface area (Å²) in [6.07, 6.45) is 0.224. The third kappa shape index (κ3) is 2.85. The van der Waals surface area contributed by atoms with Gasteiger partial charge in [0.2, 0.25) is 10.0 Å². The monoisotopic (exact) mass is 278 g/mol. The average Bonchev–Trinajstić information content (AvgIpc) is 2.80. The predicted molar refractivity (Wildman–Crippen MR) is 67.8 cm³/mol. The number of hydrogen-bond acceptors (Lipinski definition) is 5. The number of morpholine rings is 1. The summed E-state index contributed by atoms with van der Waals surface area (Å²) in [5.74, 6) is 0. The van der Waals surface area contributed by atoms with E-state index in [2.05, 4.69) is 5.32 Å². The van der Waals surface area contributed by atoms with Gasteiger partial charge in [-0.15, -0.1) is 0 Å². The molecule has 0 aromatic carbocycles. The first kappa shape index (κ1) is 14.2. The van der Waals surface area contributed by atoms with E-state index in [0.717, 1.165) is 6.54 Å². The van der Waals surface area contributed by atoms with Gasteiger partial charge in [-0.2, -0.15) is 4.31 Å². The van der Waals surface area contributed by atoms with Crippen molar-refractivity contribution in [3.63, 3.8) is 0 Å². The summed E-state index contributed by atoms with van der Waals surface area (Å²) in [6, 6.07) is 0. The molecule has 2 rings (SSSR count). The number of aliphatic hydroxyl groups excluding tert-OH is 1. The smallest absolute Gasteiger partial charge is 0.218 e. The summed E-state index contributed by atoms with van der Waals surface area (Å²) in [5.41, 5.74) is -0.551. The summed E-state index contributed by atoms with van der Waals surface area (Å²) < 4.78 is 32.1. The number of nitrogens with one attached hydrogen (secondary N) is 1. The molecule has 2 atom stereocenters. The second kappa shape index (κ2) is 5.05. The molecule has 2 aliphatic rings. The molecule has 0 aliphatic carbocycles. The van der Waals surface area contributed by atoms with Crippen LogP contribution in [-0.4, -0.2) is 67.6 Å². The Hall–Kier alpha value is -0.210. The van der Waals surface area contributed by atoms with Crippen LogP contribution in [0.2, 0.25) is 0 Å². The van der Waals surface area contributed by atoms with Crippen molar-refractivity contribution in [1.29, 1.82) is 0 Å². The van der Waals surface area contributed by atoms with E-state index in [1.165, 1.54) is 4.31 Å². The largest absolute Gasteiger partial charge is 0.394 e. The van der Waals surface area contributed by atoms with Gasteiger partial charge in [0.15, 0.2) is 0 Å². The van der Waals surface area contributed by atoms with Gasteiger partial charge in [0, 0.05) is 19.6 Å². The van der Waals surface area contributed by atoms with Crippen LogP contribution in [0.5, 0.6) is 0 Å². The highest BCUT2D eigenvalue weighted by molar-refractivity contribution is 7.89. The molecule has 2 saturated heterocycles. The van der Waals surface area contributed by atoms with Crippen molar-refractivity contribution in [2.45, 2.75) is 37.2 Å². The summed E-state index contributed by atoms with van der Waals surface area (Å²) in [4.78, 5) is 0. The van der Waals surface area contributed by atoms with Gasteiger partial charge in [-0.3, -0.25) is 0 Å². The van der Waals surface area contributed by atoms with Gasteiger partial charge in [-0.25, -0.2) is 8.42 Å². The molecular formula is C11H22N2O4S. The van der Waals surface area contributed by atoms with Crippen LogP contribution in [0.4, 0.5) is 0 Å². The Labute approximate surface area is 108 Å². The third-order valence-electron chi connectivity index (χ3n) is 3.45. The second-order valence-corrected chi connectivity index (χ2v) is 7.85. The van der Waals surface area contributed by atoms with Gasteiger partial charge in [-0.1, -0.05) is 0 Å². The lowest BCUT2D eigenvalue weighted by Crippen LogP contribution is -2.57. The molecule has 6 nitrogen and oxygen atoms in total. The van der Waals surface area contributed by atoms with Crippen LogP contribution < -0.4 is 5.32 Å². The molecule has 2 N–H and O–H groups in total. The summed E-state index contributed by atoms with van der Waals surface area (Å²) >= 11 is 0. The van der Waals surface area contributed by atoms with Crippen LogP contribution in [0.3, 0.4) is 0 Å². The van der Waals surface area contributed by atoms with E-state index in [4.69, 9.17) is 4.74 Å². The van der Waals surface area contributed by atoms with Crippen LogP contribution in [0.15, 0.2) is 0 Å². The maximum absolute atomic E-state index is 12.5. The molecule has 0 radical (unpaired) electrons. The molecule has 2 fully saturated rings. The SMILES string of the molecule is CC1(C)CN(S(=O)(=O)C2CCNC2)CC(CO)O1. The van der Waals surface area contributed by atoms with Crippen molar-refractivity contribution in [3.05, 3.63) is 0 Å². The highest BCUT2D eigenvalue weighted by Crippen LogP contribution is 2.26. The summed E-state index contributed by atoms with van der Waals surface area (Å²) in [7, 11) is -3.30. The molecule has 0 bridgehead atoms. The lowest BCUT2D eigenvalue weighted by atomic mass is 10.1. The Bertz CT molecular complexity index is 390. The minimum absolute atomic E-state index is 0.154. The fourth-order valence-corrected chi connectivity index (χ4v) is 4.65. The van der Waals surface area contributed by atoms with Gasteiger partial charge >= 0.3 is 0 Å². The average molecular weight is 278 g/mol. The van der Waals surface area contributed by atoms with Gasteiger partial charge in [-0.05, 0) is 26.8 Å². The van der Waals surface area contributed by atoms with E-state index in [-0.39, 0.29) is 18.4 Å². The molecule has 0 amide bonds. The normalized spacial score (nSPS) is 33.7. The second-order valence-electron chi connectivity index (χ2n) is 5.63. The van der Waals surface area contributed by atoms with E-state index in [9.17, 15) is 13.5 Å². The highest BCUT2D eigenvalue weighted by Gasteiger charge is 2.42. The number of nitrogens with zero attached hydrogens (tertiary/aromatic N) is 1. The molecular weight excluding hydrogens is 256 g/mol. The van der Waals surface area contributed by atoms with E-state index < -0.39 is 21.7 Å². The van der Waals surface area contributed by atoms with E-state index in [1.54, 1.807) is 0 Å². The molecule has 0 aromatic heterocycles. The van der Waals surface area contributed by atoms with Crippen LogP contribution in [0, 0.1) is 0 Å². The Morgan fingerprint density at radius 1 is 1.50 bits per heavy atom. The molecule has 18 heavy (non-hydrogen) atoms. The van der Waals surface area contributed by atoms with Crippen LogP contribution in [-0.2, 0) is 14.8 Å². The molecule has 2 heterocycles. The Morgan fingerprint density at radius 3 is 2.78 bits per heavy atom. The zero-order valence-corrected chi connectivity index (χ0v) is 11.7. The van der Waals surface area contributed by atoms with Gasteiger partial charge < -0.3 is 15.2 Å². The first-order chi connectivity index (χ1) is 8.35. The number of hydrogen-bond donors (Lipinski definition) is 2. The van der Waals surface area contributed by atoms with Crippen molar-refractivity contribution in [2.75, 3.05) is 32.8 Å². The van der Waals surface area contributed by atoms with Crippen molar-refractivity contribution >= 4 is 10.0 Å². The Morgan fingerprint density at radius 2 is 2.22 bits per heavy atom. The molecule has 0 aromatic rings. The number of sulfonamides is 1. The van der Waals surface area contributed by atoms with Crippen molar-refractivity contribution in [2.24, 2.45) is 0 Å². The fraction of sp³-hybridized carbons (Fsp3) is 1.00. The van der Waals surface area contributed by atoms with Crippen LogP contribution in [0.25, 0.3) is 0 Å². The zero-order valence-electron chi connectivity index (χ0n) is 10.9. The third-order valence-corrected chi connectivity index (χ3v) is 5.69. The Balaban J connectivity index is 2.15. The first-order valence-electron chi connectivity index (χ1n) is 6.33. The minimum Gasteiger partial charge on any atom is -0.394 e. The molecule has 106 valence electrons. The molecule has 0 spiro atoms. The molecule has 0 saturated carbocycles. The van der Waals surface area contributed by atoms with E-state index >= 15 is 0 Å². The van der Waals surface area contributed by atoms with Crippen molar-refractivity contribution in [1.82, 2.24) is 9.62 Å². The highest BCUT2D eigenvalue weighted by atomic mass is 32.2. The number of ether oxygens (including phenoxy) is 1. The standard InChI is InChI=1S/C11H22N2O4S/c1-11(2)8-13(6-9(7-14)17-11)18(15,16)10-3-4-12-5-10/h9-10,12,14H,3-8H2,1-2H3. The lowest BCUT2D eigenvalue weighted by Gasteiger charge is -2.42. The summed E-state index contributed by atoms with van der Waals surface area (Å²) in [5, 5.41) is 11.9. The Kier molecular flexibility index (Phi) is 3.99. The minimum atomic E-state index is -3.30. The first-order valence-corrected chi connectivity index (χ1v) is 7.84. The molecule has 7 heteroatoms. The molecule has 2 unspecified atom stereocenters. The van der Waals surface area contributed by atoms with Gasteiger partial charge in [0.05, 0.1) is 23.6 Å². The number of aliphatic hydroxyl groups is 1. The van der Waals surface area contributed by atoms with Gasteiger partial charge in [0.1, 0.15) is 0 Å². The predicted octanol–water partition coefficient (Wildman–Crippen LogP) is -0.850. The number of rotatable bonds is 3. The molecule has 2 aliphatic heterocycles.